The first-order valence-corrected chi connectivity index (χ1v) is 4.20. The lowest BCUT2D eigenvalue weighted by molar-refractivity contribution is 0.0882. The van der Waals surface area contributed by atoms with E-state index in [9.17, 15) is 4.79 Å². The van der Waals surface area contributed by atoms with Crippen molar-refractivity contribution in [2.45, 2.75) is 19.8 Å². The predicted octanol–water partition coefficient (Wildman–Crippen LogP) is 0.153. The number of carbonyl (C=O) groups excluding carboxylic acids is 1. The Balaban J connectivity index is 2.71. The molecule has 0 aliphatic carbocycles. The Bertz CT molecular complexity index is 305. The second-order valence-corrected chi connectivity index (χ2v) is 2.88. The Morgan fingerprint density at radius 2 is 2.38 bits per heavy atom. The molecule has 5 heteroatoms. The SMILES string of the molecule is Cc1c(N)cnn1C(=O)CCCN. The van der Waals surface area contributed by atoms with Gasteiger partial charge in [-0.1, -0.05) is 0 Å². The van der Waals surface area contributed by atoms with Crippen molar-refractivity contribution >= 4 is 11.6 Å². The number of nitrogens with two attached hydrogens (primary N) is 2. The molecule has 0 spiro atoms. The van der Waals surface area contributed by atoms with Crippen molar-refractivity contribution in [2.24, 2.45) is 5.73 Å². The molecule has 13 heavy (non-hydrogen) atoms. The highest BCUT2D eigenvalue weighted by molar-refractivity contribution is 5.79. The number of rotatable bonds is 3. The fourth-order valence-corrected chi connectivity index (χ4v) is 1.03. The average Bonchev–Trinajstić information content (AvgIpc) is 2.44. The Morgan fingerprint density at radius 1 is 1.69 bits per heavy atom. The molecular weight excluding hydrogens is 168 g/mol. The first-order valence-electron chi connectivity index (χ1n) is 4.20. The average molecular weight is 182 g/mol. The van der Waals surface area contributed by atoms with Crippen LogP contribution in [0.15, 0.2) is 6.20 Å². The van der Waals surface area contributed by atoms with Crippen molar-refractivity contribution in [3.8, 4) is 0 Å². The van der Waals surface area contributed by atoms with E-state index in [0.717, 1.165) is 0 Å². The van der Waals surface area contributed by atoms with Gasteiger partial charge in [-0.15, -0.1) is 0 Å². The van der Waals surface area contributed by atoms with E-state index in [-0.39, 0.29) is 5.91 Å². The molecule has 0 aromatic carbocycles. The maximum Gasteiger partial charge on any atom is 0.247 e. The summed E-state index contributed by atoms with van der Waals surface area (Å²) in [6.45, 7) is 2.28. The van der Waals surface area contributed by atoms with Crippen molar-refractivity contribution in [2.75, 3.05) is 12.3 Å². The zero-order valence-electron chi connectivity index (χ0n) is 7.66. The van der Waals surface area contributed by atoms with Crippen LogP contribution in [0.2, 0.25) is 0 Å². The molecule has 0 fully saturated rings. The summed E-state index contributed by atoms with van der Waals surface area (Å²) in [4.78, 5) is 11.4. The third-order valence-corrected chi connectivity index (χ3v) is 1.88. The Morgan fingerprint density at radius 3 is 2.85 bits per heavy atom. The van der Waals surface area contributed by atoms with Crippen LogP contribution in [0.4, 0.5) is 5.69 Å². The van der Waals surface area contributed by atoms with Crippen LogP contribution < -0.4 is 11.5 Å². The third-order valence-electron chi connectivity index (χ3n) is 1.88. The standard InChI is InChI=1S/C8H14N4O/c1-6-7(10)5-11-12(6)8(13)3-2-4-9/h5H,2-4,9-10H2,1H3. The number of nitrogens with zero attached hydrogens (tertiary/aromatic N) is 2. The van der Waals surface area contributed by atoms with Crippen LogP contribution in [0.1, 0.15) is 23.3 Å². The lowest BCUT2D eigenvalue weighted by Gasteiger charge is -2.01. The van der Waals surface area contributed by atoms with Gasteiger partial charge in [-0.05, 0) is 19.9 Å². The van der Waals surface area contributed by atoms with Gasteiger partial charge in [0.15, 0.2) is 0 Å². The maximum absolute atomic E-state index is 11.4. The van der Waals surface area contributed by atoms with E-state index in [2.05, 4.69) is 5.10 Å². The van der Waals surface area contributed by atoms with Gasteiger partial charge in [0.1, 0.15) is 0 Å². The first kappa shape index (κ1) is 9.73. The second-order valence-electron chi connectivity index (χ2n) is 2.88. The van der Waals surface area contributed by atoms with Crippen LogP contribution in [0.3, 0.4) is 0 Å². The number of nitrogen functional groups attached to an aromatic ring is 1. The van der Waals surface area contributed by atoms with Crippen LogP contribution >= 0.6 is 0 Å². The largest absolute Gasteiger partial charge is 0.396 e. The molecule has 0 aliphatic heterocycles. The predicted molar refractivity (Wildman–Crippen MR) is 50.3 cm³/mol. The van der Waals surface area contributed by atoms with Gasteiger partial charge in [-0.25, -0.2) is 4.68 Å². The molecule has 72 valence electrons. The molecular formula is C8H14N4O. The van der Waals surface area contributed by atoms with Crippen LogP contribution in [0.25, 0.3) is 0 Å². The first-order chi connectivity index (χ1) is 6.16. The molecule has 0 saturated carbocycles. The van der Waals surface area contributed by atoms with Gasteiger partial charge in [0, 0.05) is 6.42 Å². The maximum atomic E-state index is 11.4. The van der Waals surface area contributed by atoms with Gasteiger partial charge < -0.3 is 11.5 Å². The van der Waals surface area contributed by atoms with Crippen molar-refractivity contribution in [1.82, 2.24) is 9.78 Å². The lowest BCUT2D eigenvalue weighted by Crippen LogP contribution is -2.15. The number of carbonyl (C=O) groups is 1. The number of anilines is 1. The molecule has 1 aromatic heterocycles. The number of aromatic nitrogens is 2. The summed E-state index contributed by atoms with van der Waals surface area (Å²) >= 11 is 0. The minimum Gasteiger partial charge on any atom is -0.396 e. The van der Waals surface area contributed by atoms with Gasteiger partial charge in [-0.3, -0.25) is 4.79 Å². The zero-order valence-corrected chi connectivity index (χ0v) is 7.66. The highest BCUT2D eigenvalue weighted by Crippen LogP contribution is 2.09. The van der Waals surface area contributed by atoms with Crippen LogP contribution in [0, 0.1) is 6.92 Å². The molecule has 0 atom stereocenters. The highest BCUT2D eigenvalue weighted by Gasteiger charge is 2.09. The van der Waals surface area contributed by atoms with Gasteiger partial charge in [0.25, 0.3) is 0 Å². The fourth-order valence-electron chi connectivity index (χ4n) is 1.03. The molecule has 0 unspecified atom stereocenters. The molecule has 1 aromatic rings. The van der Waals surface area contributed by atoms with E-state index in [1.54, 1.807) is 6.92 Å². The summed E-state index contributed by atoms with van der Waals surface area (Å²) < 4.78 is 1.32. The minimum atomic E-state index is -0.0559. The molecule has 1 rings (SSSR count). The van der Waals surface area contributed by atoms with Gasteiger partial charge in [0.2, 0.25) is 5.91 Å². The van der Waals surface area contributed by atoms with E-state index >= 15 is 0 Å². The van der Waals surface area contributed by atoms with E-state index in [1.165, 1.54) is 10.9 Å². The van der Waals surface area contributed by atoms with E-state index < -0.39 is 0 Å². The van der Waals surface area contributed by atoms with Crippen molar-refractivity contribution < 1.29 is 4.79 Å². The number of hydrogen-bond donors (Lipinski definition) is 2. The topological polar surface area (TPSA) is 86.9 Å². The van der Waals surface area contributed by atoms with E-state index in [4.69, 9.17) is 11.5 Å². The normalized spacial score (nSPS) is 10.3. The van der Waals surface area contributed by atoms with Crippen molar-refractivity contribution in [3.63, 3.8) is 0 Å². The monoisotopic (exact) mass is 182 g/mol. The Hall–Kier alpha value is -1.36. The third kappa shape index (κ3) is 2.06. The van der Waals surface area contributed by atoms with Crippen LogP contribution in [0.5, 0.6) is 0 Å². The van der Waals surface area contributed by atoms with Crippen molar-refractivity contribution in [1.29, 1.82) is 0 Å². The fraction of sp³-hybridized carbons (Fsp3) is 0.500. The summed E-state index contributed by atoms with van der Waals surface area (Å²) in [6, 6.07) is 0. The minimum absolute atomic E-state index is 0.0559. The van der Waals surface area contributed by atoms with Gasteiger partial charge >= 0.3 is 0 Å². The molecule has 1 heterocycles. The highest BCUT2D eigenvalue weighted by atomic mass is 16.2. The smallest absolute Gasteiger partial charge is 0.247 e. The van der Waals surface area contributed by atoms with E-state index in [0.29, 0.717) is 30.8 Å². The summed E-state index contributed by atoms with van der Waals surface area (Å²) in [5.41, 5.74) is 12.1. The molecule has 4 N–H and O–H groups in total. The quantitative estimate of drug-likeness (QED) is 0.696. The summed E-state index contributed by atoms with van der Waals surface area (Å²) in [5, 5.41) is 3.87. The van der Waals surface area contributed by atoms with E-state index in [1.807, 2.05) is 0 Å². The van der Waals surface area contributed by atoms with Gasteiger partial charge in [0.05, 0.1) is 17.6 Å². The summed E-state index contributed by atoms with van der Waals surface area (Å²) in [7, 11) is 0. The summed E-state index contributed by atoms with van der Waals surface area (Å²) in [5.74, 6) is -0.0559. The Labute approximate surface area is 76.7 Å². The molecule has 0 amide bonds. The molecule has 0 saturated heterocycles. The molecule has 5 nitrogen and oxygen atoms in total. The van der Waals surface area contributed by atoms with Crippen LogP contribution in [-0.2, 0) is 0 Å². The Kier molecular flexibility index (Phi) is 3.02. The zero-order chi connectivity index (χ0) is 9.84. The molecule has 0 aliphatic rings. The summed E-state index contributed by atoms with van der Waals surface area (Å²) in [6.07, 6.45) is 2.58. The van der Waals surface area contributed by atoms with Crippen molar-refractivity contribution in [3.05, 3.63) is 11.9 Å². The van der Waals surface area contributed by atoms with Crippen LogP contribution in [-0.4, -0.2) is 22.2 Å². The second kappa shape index (κ2) is 4.04. The lowest BCUT2D eigenvalue weighted by atomic mass is 10.3. The number of hydrogen-bond acceptors (Lipinski definition) is 4. The molecule has 0 bridgehead atoms. The molecule has 0 radical (unpaired) electrons. The van der Waals surface area contributed by atoms with Gasteiger partial charge in [-0.2, -0.15) is 5.10 Å².